The van der Waals surface area contributed by atoms with E-state index in [0.717, 1.165) is 25.7 Å². The van der Waals surface area contributed by atoms with Crippen molar-refractivity contribution < 1.29 is 14.3 Å². The Bertz CT molecular complexity index is 280. The molecule has 17 heavy (non-hydrogen) atoms. The average molecular weight is 241 g/mol. The number of carbonyl (C=O) groups excluding carboxylic acids is 1. The van der Waals surface area contributed by atoms with Gasteiger partial charge in [0.25, 0.3) is 0 Å². The van der Waals surface area contributed by atoms with Gasteiger partial charge in [-0.25, -0.2) is 0 Å². The second-order valence-electron chi connectivity index (χ2n) is 6.11. The molecule has 4 heteroatoms. The minimum atomic E-state index is -0.259. The fourth-order valence-corrected chi connectivity index (χ4v) is 2.56. The van der Waals surface area contributed by atoms with Crippen molar-refractivity contribution in [2.45, 2.75) is 51.7 Å². The van der Waals surface area contributed by atoms with Gasteiger partial charge in [-0.3, -0.25) is 4.79 Å². The smallest absolute Gasteiger partial charge is 0.313 e. The topological polar surface area (TPSA) is 61.5 Å². The van der Waals surface area contributed by atoms with Gasteiger partial charge in [0.1, 0.15) is 6.10 Å². The summed E-state index contributed by atoms with van der Waals surface area (Å²) in [5.41, 5.74) is 6.20. The molecule has 0 amide bonds. The minimum Gasteiger partial charge on any atom is -0.462 e. The lowest BCUT2D eigenvalue weighted by atomic mass is 9.76. The van der Waals surface area contributed by atoms with E-state index in [4.69, 9.17) is 15.2 Å². The Morgan fingerprint density at radius 2 is 1.94 bits per heavy atom. The molecule has 0 radical (unpaired) electrons. The molecule has 0 bridgehead atoms. The fraction of sp³-hybridized carbons (Fsp3) is 0.923. The van der Waals surface area contributed by atoms with Gasteiger partial charge in [0.2, 0.25) is 0 Å². The van der Waals surface area contributed by atoms with Gasteiger partial charge >= 0.3 is 5.97 Å². The number of rotatable bonds is 2. The summed E-state index contributed by atoms with van der Waals surface area (Å²) >= 11 is 0. The zero-order chi connectivity index (χ0) is 12.5. The Hall–Kier alpha value is -0.610. The largest absolute Gasteiger partial charge is 0.462 e. The summed E-state index contributed by atoms with van der Waals surface area (Å²) in [5, 5.41) is 0. The molecule has 2 aliphatic rings. The molecular formula is C13H23NO3. The second kappa shape index (κ2) is 4.94. The average Bonchev–Trinajstić information content (AvgIpc) is 2.68. The molecule has 1 aliphatic carbocycles. The Kier molecular flexibility index (Phi) is 3.73. The van der Waals surface area contributed by atoms with Gasteiger partial charge in [0.15, 0.2) is 0 Å². The first-order valence-corrected chi connectivity index (χ1v) is 6.52. The SMILES string of the molecule is CC1(C)CCC(OC(=O)C2COCC2N)CC1. The van der Waals surface area contributed by atoms with E-state index in [0.29, 0.717) is 18.6 Å². The lowest BCUT2D eigenvalue weighted by molar-refractivity contribution is -0.156. The van der Waals surface area contributed by atoms with Crippen LogP contribution in [0.15, 0.2) is 0 Å². The molecule has 2 atom stereocenters. The van der Waals surface area contributed by atoms with Gasteiger partial charge in [-0.15, -0.1) is 0 Å². The summed E-state index contributed by atoms with van der Waals surface area (Å²) < 4.78 is 10.7. The van der Waals surface area contributed by atoms with E-state index >= 15 is 0 Å². The van der Waals surface area contributed by atoms with E-state index in [1.807, 2.05) is 0 Å². The maximum Gasteiger partial charge on any atom is 0.313 e. The van der Waals surface area contributed by atoms with Crippen LogP contribution >= 0.6 is 0 Å². The van der Waals surface area contributed by atoms with Crippen LogP contribution in [0.2, 0.25) is 0 Å². The summed E-state index contributed by atoms with van der Waals surface area (Å²) in [4.78, 5) is 11.9. The van der Waals surface area contributed by atoms with E-state index in [1.165, 1.54) is 0 Å². The highest BCUT2D eigenvalue weighted by Crippen LogP contribution is 2.36. The summed E-state index contributed by atoms with van der Waals surface area (Å²) in [6, 6.07) is -0.192. The molecule has 1 saturated carbocycles. The predicted octanol–water partition coefficient (Wildman–Crippen LogP) is 1.47. The molecule has 0 aromatic carbocycles. The molecule has 0 aromatic rings. The number of hydrogen-bond donors (Lipinski definition) is 1. The van der Waals surface area contributed by atoms with Crippen LogP contribution in [0.1, 0.15) is 39.5 Å². The van der Waals surface area contributed by atoms with Gasteiger partial charge < -0.3 is 15.2 Å². The van der Waals surface area contributed by atoms with E-state index in [2.05, 4.69) is 13.8 Å². The number of ether oxygens (including phenoxy) is 2. The van der Waals surface area contributed by atoms with Crippen LogP contribution in [0.25, 0.3) is 0 Å². The summed E-state index contributed by atoms with van der Waals surface area (Å²) in [6.45, 7) is 5.42. The molecule has 2 unspecified atom stereocenters. The van der Waals surface area contributed by atoms with Crippen LogP contribution in [-0.4, -0.2) is 31.3 Å². The quantitative estimate of drug-likeness (QED) is 0.744. The molecule has 98 valence electrons. The van der Waals surface area contributed by atoms with Gasteiger partial charge in [0.05, 0.1) is 19.1 Å². The van der Waals surface area contributed by atoms with Crippen molar-refractivity contribution in [2.75, 3.05) is 13.2 Å². The Morgan fingerprint density at radius 3 is 2.47 bits per heavy atom. The van der Waals surface area contributed by atoms with Gasteiger partial charge in [-0.05, 0) is 31.1 Å². The number of nitrogens with two attached hydrogens (primary N) is 1. The molecule has 1 heterocycles. The first-order chi connectivity index (χ1) is 7.98. The van der Waals surface area contributed by atoms with Crippen molar-refractivity contribution in [3.8, 4) is 0 Å². The molecular weight excluding hydrogens is 218 g/mol. The molecule has 2 N–H and O–H groups in total. The van der Waals surface area contributed by atoms with Gasteiger partial charge in [-0.2, -0.15) is 0 Å². The van der Waals surface area contributed by atoms with Crippen LogP contribution in [-0.2, 0) is 14.3 Å². The van der Waals surface area contributed by atoms with E-state index in [-0.39, 0.29) is 24.0 Å². The van der Waals surface area contributed by atoms with Crippen LogP contribution in [0, 0.1) is 11.3 Å². The third-order valence-electron chi connectivity index (χ3n) is 4.00. The minimum absolute atomic E-state index is 0.0864. The number of esters is 1. The number of carbonyl (C=O) groups is 1. The van der Waals surface area contributed by atoms with Crippen LogP contribution in [0.3, 0.4) is 0 Å². The highest BCUT2D eigenvalue weighted by atomic mass is 16.5. The first-order valence-electron chi connectivity index (χ1n) is 6.52. The summed E-state index contributed by atoms with van der Waals surface area (Å²) in [5.74, 6) is -0.426. The van der Waals surface area contributed by atoms with E-state index < -0.39 is 0 Å². The van der Waals surface area contributed by atoms with Crippen molar-refractivity contribution in [1.82, 2.24) is 0 Å². The molecule has 1 saturated heterocycles. The van der Waals surface area contributed by atoms with Gasteiger partial charge in [0, 0.05) is 6.04 Å². The second-order valence-corrected chi connectivity index (χ2v) is 6.11. The van der Waals surface area contributed by atoms with Gasteiger partial charge in [-0.1, -0.05) is 13.8 Å². The van der Waals surface area contributed by atoms with Crippen LogP contribution in [0.4, 0.5) is 0 Å². The van der Waals surface area contributed by atoms with Crippen molar-refractivity contribution in [1.29, 1.82) is 0 Å². The van der Waals surface area contributed by atoms with Crippen molar-refractivity contribution in [3.63, 3.8) is 0 Å². The standard InChI is InChI=1S/C13H23NO3/c1-13(2)5-3-9(4-6-13)17-12(15)10-7-16-8-11(10)14/h9-11H,3-8,14H2,1-2H3. The van der Waals surface area contributed by atoms with Crippen molar-refractivity contribution in [2.24, 2.45) is 17.1 Å². The Balaban J connectivity index is 1.80. The lowest BCUT2D eigenvalue weighted by Gasteiger charge is -2.34. The van der Waals surface area contributed by atoms with Crippen LogP contribution in [0.5, 0.6) is 0 Å². The summed E-state index contributed by atoms with van der Waals surface area (Å²) in [7, 11) is 0. The first kappa shape index (κ1) is 12.8. The maximum atomic E-state index is 11.9. The summed E-state index contributed by atoms with van der Waals surface area (Å²) in [6.07, 6.45) is 4.28. The molecule has 1 aliphatic heterocycles. The van der Waals surface area contributed by atoms with Crippen LogP contribution < -0.4 is 5.73 Å². The number of hydrogen-bond acceptors (Lipinski definition) is 4. The van der Waals surface area contributed by atoms with Crippen molar-refractivity contribution in [3.05, 3.63) is 0 Å². The van der Waals surface area contributed by atoms with E-state index in [1.54, 1.807) is 0 Å². The predicted molar refractivity (Wildman–Crippen MR) is 64.4 cm³/mol. The molecule has 2 rings (SSSR count). The normalized spacial score (nSPS) is 33.6. The zero-order valence-corrected chi connectivity index (χ0v) is 10.8. The molecule has 2 fully saturated rings. The lowest BCUT2D eigenvalue weighted by Crippen LogP contribution is -2.38. The monoisotopic (exact) mass is 241 g/mol. The third kappa shape index (κ3) is 3.19. The molecule has 0 spiro atoms. The highest BCUT2D eigenvalue weighted by molar-refractivity contribution is 5.74. The third-order valence-corrected chi connectivity index (χ3v) is 4.00. The zero-order valence-electron chi connectivity index (χ0n) is 10.8. The maximum absolute atomic E-state index is 11.9. The van der Waals surface area contributed by atoms with E-state index in [9.17, 15) is 4.79 Å². The van der Waals surface area contributed by atoms with Crippen molar-refractivity contribution >= 4 is 5.97 Å². The Morgan fingerprint density at radius 1 is 1.29 bits per heavy atom. The fourth-order valence-electron chi connectivity index (χ4n) is 2.56. The Labute approximate surface area is 103 Å². The molecule has 4 nitrogen and oxygen atoms in total. The highest BCUT2D eigenvalue weighted by Gasteiger charge is 2.35. The molecule has 0 aromatic heterocycles.